The van der Waals surface area contributed by atoms with Gasteiger partial charge in [-0.2, -0.15) is 0 Å². The minimum Gasteiger partial charge on any atom is -0.506 e. The first kappa shape index (κ1) is 20.4. The van der Waals surface area contributed by atoms with Crippen LogP contribution in [0.2, 0.25) is 0 Å². The van der Waals surface area contributed by atoms with Gasteiger partial charge in [0, 0.05) is 23.8 Å². The van der Waals surface area contributed by atoms with Crippen molar-refractivity contribution in [2.75, 3.05) is 4.90 Å². The Kier molecular flexibility index (Phi) is 5.00. The molecule has 34 heavy (non-hydrogen) atoms. The van der Waals surface area contributed by atoms with Gasteiger partial charge in [0.25, 0.3) is 0 Å². The van der Waals surface area contributed by atoms with Gasteiger partial charge in [-0.25, -0.2) is 0 Å². The van der Waals surface area contributed by atoms with E-state index in [0.717, 1.165) is 17.1 Å². The van der Waals surface area contributed by atoms with Gasteiger partial charge in [-0.15, -0.1) is 0 Å². The zero-order chi connectivity index (χ0) is 23.1. The van der Waals surface area contributed by atoms with Crippen LogP contribution in [0.4, 0.5) is 5.69 Å². The third-order valence-corrected chi connectivity index (χ3v) is 6.65. The highest BCUT2D eigenvalue weighted by Gasteiger charge is 2.42. The van der Waals surface area contributed by atoms with Crippen molar-refractivity contribution in [1.82, 2.24) is 14.9 Å². The quantitative estimate of drug-likeness (QED) is 0.325. The number of benzene rings is 3. The maximum Gasteiger partial charge on any atom is 0.174 e. The van der Waals surface area contributed by atoms with Crippen molar-refractivity contribution in [3.8, 4) is 11.4 Å². The summed E-state index contributed by atoms with van der Waals surface area (Å²) < 4.78 is 2.19. The van der Waals surface area contributed by atoms with Crippen molar-refractivity contribution in [3.05, 3.63) is 121 Å². The summed E-state index contributed by atoms with van der Waals surface area (Å²) in [5.41, 5.74) is 3.66. The fraction of sp³-hybridized carbons (Fsp3) is 0.0714. The van der Waals surface area contributed by atoms with Crippen molar-refractivity contribution >= 4 is 33.8 Å². The number of phenols is 1. The Labute approximate surface area is 202 Å². The first-order valence-corrected chi connectivity index (χ1v) is 11.6. The Bertz CT molecular complexity index is 1500. The average molecular weight is 463 g/mol. The Balaban J connectivity index is 1.53. The van der Waals surface area contributed by atoms with Crippen LogP contribution in [0.5, 0.6) is 5.75 Å². The molecule has 0 aliphatic carbocycles. The van der Waals surface area contributed by atoms with Gasteiger partial charge in [0.15, 0.2) is 5.11 Å². The Morgan fingerprint density at radius 2 is 1.62 bits per heavy atom. The highest BCUT2D eigenvalue weighted by molar-refractivity contribution is 7.80. The number of pyridine rings is 1. The number of fused-ring (bicyclic) bond motifs is 1. The Morgan fingerprint density at radius 3 is 2.44 bits per heavy atom. The minimum atomic E-state index is -0.225. The number of aromatic nitrogens is 2. The third kappa shape index (κ3) is 3.40. The molecule has 3 heterocycles. The average Bonchev–Trinajstić information content (AvgIpc) is 3.49. The van der Waals surface area contributed by atoms with Gasteiger partial charge in [0.2, 0.25) is 0 Å². The van der Waals surface area contributed by atoms with Crippen molar-refractivity contribution in [2.45, 2.75) is 12.1 Å². The molecule has 1 fully saturated rings. The fourth-order valence-electron chi connectivity index (χ4n) is 4.78. The highest BCUT2D eigenvalue weighted by atomic mass is 32.1. The zero-order valence-electron chi connectivity index (χ0n) is 18.2. The van der Waals surface area contributed by atoms with Crippen molar-refractivity contribution in [3.63, 3.8) is 0 Å². The smallest absolute Gasteiger partial charge is 0.174 e. The van der Waals surface area contributed by atoms with Gasteiger partial charge in [0.1, 0.15) is 11.8 Å². The monoisotopic (exact) mass is 462 g/mol. The molecule has 1 aliphatic heterocycles. The van der Waals surface area contributed by atoms with E-state index in [1.165, 1.54) is 10.8 Å². The second-order valence-electron chi connectivity index (χ2n) is 8.32. The van der Waals surface area contributed by atoms with Crippen LogP contribution in [0.1, 0.15) is 23.5 Å². The number of aromatic hydroxyl groups is 1. The molecule has 5 aromatic rings. The summed E-state index contributed by atoms with van der Waals surface area (Å²) in [6, 6.07) is 31.7. The van der Waals surface area contributed by atoms with Crippen LogP contribution in [0.25, 0.3) is 16.5 Å². The second kappa shape index (κ2) is 8.32. The van der Waals surface area contributed by atoms with E-state index in [9.17, 15) is 5.11 Å². The number of phenolic OH excluding ortho intramolecular Hbond substituents is 1. The van der Waals surface area contributed by atoms with Gasteiger partial charge in [0.05, 0.1) is 17.4 Å². The molecule has 0 spiro atoms. The molecule has 0 saturated carbocycles. The minimum absolute atomic E-state index is 0.183. The second-order valence-corrected chi connectivity index (χ2v) is 8.71. The van der Waals surface area contributed by atoms with Gasteiger partial charge < -0.3 is 19.9 Å². The summed E-state index contributed by atoms with van der Waals surface area (Å²) >= 11 is 5.80. The molecule has 2 aromatic heterocycles. The molecule has 2 atom stereocenters. The predicted molar refractivity (Wildman–Crippen MR) is 139 cm³/mol. The van der Waals surface area contributed by atoms with Crippen LogP contribution in [0.15, 0.2) is 109 Å². The van der Waals surface area contributed by atoms with E-state index in [1.807, 2.05) is 47.4 Å². The van der Waals surface area contributed by atoms with Crippen LogP contribution in [0.3, 0.4) is 0 Å². The van der Waals surface area contributed by atoms with Crippen LogP contribution < -0.4 is 10.2 Å². The summed E-state index contributed by atoms with van der Waals surface area (Å²) in [6.07, 6.45) is 3.86. The van der Waals surface area contributed by atoms with Gasteiger partial charge in [-0.3, -0.25) is 4.98 Å². The molecule has 1 saturated heterocycles. The van der Waals surface area contributed by atoms with E-state index >= 15 is 0 Å². The maximum atomic E-state index is 10.7. The van der Waals surface area contributed by atoms with Gasteiger partial charge in [-0.05, 0) is 71.5 Å². The van der Waals surface area contributed by atoms with E-state index in [4.69, 9.17) is 12.2 Å². The van der Waals surface area contributed by atoms with E-state index in [1.54, 1.807) is 12.3 Å². The number of hydrogen-bond acceptors (Lipinski definition) is 3. The molecule has 6 rings (SSSR count). The molecular weight excluding hydrogens is 440 g/mol. The largest absolute Gasteiger partial charge is 0.506 e. The topological polar surface area (TPSA) is 53.3 Å². The van der Waals surface area contributed by atoms with Gasteiger partial charge in [-0.1, -0.05) is 48.5 Å². The fourth-order valence-corrected chi connectivity index (χ4v) is 5.12. The SMILES string of the molecule is Oc1ccccc1N1C(=S)N[C@@H](c2ccccn2)[C@H]1c1cccn1-c1ccc2ccccc2c1. The lowest BCUT2D eigenvalue weighted by Crippen LogP contribution is -2.30. The summed E-state index contributed by atoms with van der Waals surface area (Å²) in [5.74, 6) is 0.183. The van der Waals surface area contributed by atoms with Crippen molar-refractivity contribution in [1.29, 1.82) is 0 Å². The zero-order valence-corrected chi connectivity index (χ0v) is 19.1. The third-order valence-electron chi connectivity index (χ3n) is 6.33. The lowest BCUT2D eigenvalue weighted by Gasteiger charge is -2.29. The van der Waals surface area contributed by atoms with Crippen LogP contribution in [0, 0.1) is 0 Å². The molecule has 0 amide bonds. The molecule has 1 aliphatic rings. The Morgan fingerprint density at radius 1 is 0.824 bits per heavy atom. The number of rotatable bonds is 4. The first-order valence-electron chi connectivity index (χ1n) is 11.2. The lowest BCUT2D eigenvalue weighted by molar-refractivity contribution is 0.472. The number of anilines is 1. The van der Waals surface area contributed by atoms with Crippen molar-refractivity contribution < 1.29 is 5.11 Å². The van der Waals surface area contributed by atoms with Gasteiger partial charge >= 0.3 is 0 Å². The van der Waals surface area contributed by atoms with Crippen LogP contribution >= 0.6 is 12.2 Å². The Hall–Kier alpha value is -4.16. The number of nitrogens with one attached hydrogen (secondary N) is 1. The molecule has 3 aromatic carbocycles. The van der Waals surface area contributed by atoms with Crippen LogP contribution in [-0.4, -0.2) is 19.8 Å². The van der Waals surface area contributed by atoms with E-state index < -0.39 is 0 Å². The summed E-state index contributed by atoms with van der Waals surface area (Å²) in [6.45, 7) is 0. The molecule has 6 heteroatoms. The van der Waals surface area contributed by atoms with E-state index in [2.05, 4.69) is 69.6 Å². The maximum absolute atomic E-state index is 10.7. The molecule has 0 radical (unpaired) electrons. The molecular formula is C28H22N4OS. The van der Waals surface area contributed by atoms with Crippen molar-refractivity contribution in [2.24, 2.45) is 0 Å². The number of nitrogens with zero attached hydrogens (tertiary/aromatic N) is 3. The highest BCUT2D eigenvalue weighted by Crippen LogP contribution is 2.44. The standard InChI is InChI=1S/C28H22N4OS/c33-25-13-4-3-11-23(25)32-27(26(30-28(32)34)22-10-5-6-16-29-22)24-12-7-17-31(24)21-15-14-19-8-1-2-9-20(19)18-21/h1-18,26-27,33H,(H,30,34)/t26-,27+/m0/s1. The van der Waals surface area contributed by atoms with E-state index in [-0.39, 0.29) is 17.8 Å². The first-order chi connectivity index (χ1) is 16.7. The molecule has 5 nitrogen and oxygen atoms in total. The molecule has 166 valence electrons. The lowest BCUT2D eigenvalue weighted by atomic mass is 10.0. The summed E-state index contributed by atoms with van der Waals surface area (Å²) in [4.78, 5) is 6.63. The number of thiocarbonyl (C=S) groups is 1. The van der Waals surface area contributed by atoms with E-state index in [0.29, 0.717) is 10.8 Å². The number of para-hydroxylation sites is 2. The number of hydrogen-bond donors (Lipinski definition) is 2. The predicted octanol–water partition coefficient (Wildman–Crippen LogP) is 5.91. The van der Waals surface area contributed by atoms with Crippen LogP contribution in [-0.2, 0) is 0 Å². The normalized spacial score (nSPS) is 17.8. The molecule has 2 N–H and O–H groups in total. The summed E-state index contributed by atoms with van der Waals surface area (Å²) in [7, 11) is 0. The molecule has 0 bridgehead atoms. The summed E-state index contributed by atoms with van der Waals surface area (Å²) in [5, 5.41) is 17.1. The molecule has 0 unspecified atom stereocenters.